The third-order valence-electron chi connectivity index (χ3n) is 2.29. The smallest absolute Gasteiger partial charge is 0.147 e. The number of rotatable bonds is 4. The first-order chi connectivity index (χ1) is 8.70. The third kappa shape index (κ3) is 3.25. The van der Waals surface area contributed by atoms with Gasteiger partial charge in [-0.15, -0.1) is 0 Å². The van der Waals surface area contributed by atoms with E-state index in [2.05, 4.69) is 30.9 Å². The molecule has 2 heterocycles. The van der Waals surface area contributed by atoms with Crippen molar-refractivity contribution in [2.45, 2.75) is 13.0 Å². The van der Waals surface area contributed by atoms with E-state index in [9.17, 15) is 0 Å². The van der Waals surface area contributed by atoms with Crippen LogP contribution in [0.15, 0.2) is 29.0 Å². The van der Waals surface area contributed by atoms with E-state index in [-0.39, 0.29) is 0 Å². The number of methoxy groups -OCH3 is 1. The molecular formula is C12H11BrClN3O. The van der Waals surface area contributed by atoms with Crippen LogP contribution in [0.25, 0.3) is 0 Å². The molecule has 0 amide bonds. The predicted octanol–water partition coefficient (Wildman–Crippen LogP) is 3.02. The van der Waals surface area contributed by atoms with Crippen LogP contribution in [-0.4, -0.2) is 22.1 Å². The van der Waals surface area contributed by atoms with Crippen LogP contribution in [0.2, 0.25) is 5.15 Å². The Morgan fingerprint density at radius 3 is 2.89 bits per heavy atom. The van der Waals surface area contributed by atoms with Gasteiger partial charge in [-0.05, 0) is 27.6 Å². The maximum atomic E-state index is 6.05. The Balaban J connectivity index is 2.28. The van der Waals surface area contributed by atoms with E-state index in [1.165, 1.54) is 0 Å². The van der Waals surface area contributed by atoms with Gasteiger partial charge in [0.05, 0.1) is 16.8 Å². The third-order valence-corrected chi connectivity index (χ3v) is 3.63. The number of aromatic nitrogens is 3. The number of ether oxygens (including phenoxy) is 1. The molecule has 2 aromatic heterocycles. The Morgan fingerprint density at radius 1 is 1.39 bits per heavy atom. The Bertz CT molecular complexity index is 536. The molecule has 0 fully saturated rings. The average Bonchev–Trinajstić information content (AvgIpc) is 2.37. The van der Waals surface area contributed by atoms with Gasteiger partial charge in [-0.3, -0.25) is 4.98 Å². The minimum absolute atomic E-state index is 0.392. The van der Waals surface area contributed by atoms with Gasteiger partial charge in [0.25, 0.3) is 0 Å². The molecule has 0 saturated heterocycles. The number of hydrogen-bond donors (Lipinski definition) is 0. The summed E-state index contributed by atoms with van der Waals surface area (Å²) in [6.45, 7) is 0.392. The standard InChI is InChI=1S/C12H11BrClN3O/c1-18-7-9-11(13)12(14)17-10(16-9)5-8-3-2-4-15-6-8/h2-4,6H,5,7H2,1H3. The highest BCUT2D eigenvalue weighted by Crippen LogP contribution is 2.24. The van der Waals surface area contributed by atoms with Gasteiger partial charge in [0.1, 0.15) is 11.0 Å². The van der Waals surface area contributed by atoms with Crippen molar-refractivity contribution in [3.05, 3.63) is 51.2 Å². The highest BCUT2D eigenvalue weighted by Gasteiger charge is 2.11. The van der Waals surface area contributed by atoms with Crippen molar-refractivity contribution < 1.29 is 4.74 Å². The van der Waals surface area contributed by atoms with E-state index >= 15 is 0 Å². The summed E-state index contributed by atoms with van der Waals surface area (Å²) in [6, 6.07) is 3.86. The Hall–Kier alpha value is -1.04. The molecule has 0 bridgehead atoms. The van der Waals surface area contributed by atoms with Gasteiger partial charge in [-0.25, -0.2) is 9.97 Å². The number of pyridine rings is 1. The molecule has 18 heavy (non-hydrogen) atoms. The molecule has 4 nitrogen and oxygen atoms in total. The van der Waals surface area contributed by atoms with E-state index in [1.807, 2.05) is 12.1 Å². The summed E-state index contributed by atoms with van der Waals surface area (Å²) in [5, 5.41) is 0.399. The Labute approximate surface area is 119 Å². The second-order valence-corrected chi connectivity index (χ2v) is 4.81. The van der Waals surface area contributed by atoms with Crippen molar-refractivity contribution in [2.75, 3.05) is 7.11 Å². The highest BCUT2D eigenvalue weighted by molar-refractivity contribution is 9.10. The molecule has 0 aliphatic rings. The minimum Gasteiger partial charge on any atom is -0.378 e. The van der Waals surface area contributed by atoms with Gasteiger partial charge >= 0.3 is 0 Å². The summed E-state index contributed by atoms with van der Waals surface area (Å²) in [4.78, 5) is 12.7. The molecule has 2 aromatic rings. The number of halogens is 2. The molecule has 0 unspecified atom stereocenters. The zero-order valence-corrected chi connectivity index (χ0v) is 12.1. The topological polar surface area (TPSA) is 47.9 Å². The summed E-state index contributed by atoms with van der Waals surface area (Å²) >= 11 is 9.40. The van der Waals surface area contributed by atoms with Crippen LogP contribution in [0.1, 0.15) is 17.1 Å². The zero-order chi connectivity index (χ0) is 13.0. The van der Waals surface area contributed by atoms with Crippen molar-refractivity contribution >= 4 is 27.5 Å². The Morgan fingerprint density at radius 2 is 2.22 bits per heavy atom. The van der Waals surface area contributed by atoms with E-state index in [1.54, 1.807) is 19.5 Å². The second-order valence-electron chi connectivity index (χ2n) is 3.66. The zero-order valence-electron chi connectivity index (χ0n) is 9.73. The summed E-state index contributed by atoms with van der Waals surface area (Å²) in [7, 11) is 1.61. The molecule has 0 saturated carbocycles. The molecule has 2 rings (SSSR count). The van der Waals surface area contributed by atoms with Gasteiger partial charge in [0.15, 0.2) is 0 Å². The van der Waals surface area contributed by atoms with E-state index in [0.717, 1.165) is 11.3 Å². The monoisotopic (exact) mass is 327 g/mol. The van der Waals surface area contributed by atoms with E-state index < -0.39 is 0 Å². The first kappa shape index (κ1) is 13.4. The molecule has 0 aliphatic carbocycles. The molecule has 0 atom stereocenters. The lowest BCUT2D eigenvalue weighted by molar-refractivity contribution is 0.180. The lowest BCUT2D eigenvalue weighted by Crippen LogP contribution is -2.04. The van der Waals surface area contributed by atoms with Gasteiger partial charge in [-0.2, -0.15) is 0 Å². The van der Waals surface area contributed by atoms with Crippen molar-refractivity contribution in [1.29, 1.82) is 0 Å². The van der Waals surface area contributed by atoms with Crippen LogP contribution in [0.4, 0.5) is 0 Å². The molecule has 0 aromatic carbocycles. The fraction of sp³-hybridized carbons (Fsp3) is 0.250. The molecule has 0 aliphatic heterocycles. The van der Waals surface area contributed by atoms with Gasteiger partial charge in [0, 0.05) is 25.9 Å². The molecular weight excluding hydrogens is 318 g/mol. The summed E-state index contributed by atoms with van der Waals surface area (Å²) in [6.07, 6.45) is 4.11. The van der Waals surface area contributed by atoms with Crippen LogP contribution >= 0.6 is 27.5 Å². The normalized spacial score (nSPS) is 10.6. The fourth-order valence-electron chi connectivity index (χ4n) is 1.51. The minimum atomic E-state index is 0.392. The SMILES string of the molecule is COCc1nc(Cc2cccnc2)nc(Cl)c1Br. The van der Waals surface area contributed by atoms with Crippen LogP contribution in [0.5, 0.6) is 0 Å². The largest absolute Gasteiger partial charge is 0.378 e. The molecule has 6 heteroatoms. The van der Waals surface area contributed by atoms with Crippen molar-refractivity contribution in [3.63, 3.8) is 0 Å². The van der Waals surface area contributed by atoms with E-state index in [4.69, 9.17) is 16.3 Å². The van der Waals surface area contributed by atoms with Gasteiger partial charge in [-0.1, -0.05) is 17.7 Å². The molecule has 94 valence electrons. The first-order valence-corrected chi connectivity index (χ1v) is 6.46. The van der Waals surface area contributed by atoms with Crippen molar-refractivity contribution in [2.24, 2.45) is 0 Å². The molecule has 0 spiro atoms. The van der Waals surface area contributed by atoms with Crippen LogP contribution in [0.3, 0.4) is 0 Å². The van der Waals surface area contributed by atoms with Crippen molar-refractivity contribution in [3.8, 4) is 0 Å². The number of nitrogens with zero attached hydrogens (tertiary/aromatic N) is 3. The average molecular weight is 329 g/mol. The second kappa shape index (κ2) is 6.22. The summed E-state index contributed by atoms with van der Waals surface area (Å²) in [5.74, 6) is 0.656. The lowest BCUT2D eigenvalue weighted by Gasteiger charge is -2.07. The van der Waals surface area contributed by atoms with Crippen LogP contribution in [-0.2, 0) is 17.8 Å². The first-order valence-electron chi connectivity index (χ1n) is 5.29. The molecule has 0 radical (unpaired) electrons. The summed E-state index contributed by atoms with van der Waals surface area (Å²) in [5.41, 5.74) is 1.79. The predicted molar refractivity (Wildman–Crippen MR) is 72.5 cm³/mol. The van der Waals surface area contributed by atoms with Gasteiger partial charge in [0.2, 0.25) is 0 Å². The number of hydrogen-bond acceptors (Lipinski definition) is 4. The van der Waals surface area contributed by atoms with Crippen LogP contribution < -0.4 is 0 Å². The van der Waals surface area contributed by atoms with Gasteiger partial charge < -0.3 is 4.74 Å². The maximum absolute atomic E-state index is 6.05. The Kier molecular flexibility index (Phi) is 4.63. The molecule has 0 N–H and O–H groups in total. The highest BCUT2D eigenvalue weighted by atomic mass is 79.9. The van der Waals surface area contributed by atoms with Crippen molar-refractivity contribution in [1.82, 2.24) is 15.0 Å². The quantitative estimate of drug-likeness (QED) is 0.810. The lowest BCUT2D eigenvalue weighted by atomic mass is 10.2. The van der Waals surface area contributed by atoms with E-state index in [0.29, 0.717) is 28.5 Å². The fourth-order valence-corrected chi connectivity index (χ4v) is 2.01. The maximum Gasteiger partial charge on any atom is 0.147 e. The summed E-state index contributed by atoms with van der Waals surface area (Å²) < 4.78 is 5.76. The van der Waals surface area contributed by atoms with Crippen LogP contribution in [0, 0.1) is 0 Å².